The summed E-state index contributed by atoms with van der Waals surface area (Å²) in [6.45, 7) is 2.09. The topological polar surface area (TPSA) is 38.2 Å². The Morgan fingerprint density at radius 2 is 1.90 bits per heavy atom. The molecule has 0 saturated carbocycles. The summed E-state index contributed by atoms with van der Waals surface area (Å²) in [5.41, 5.74) is 3.20. The summed E-state index contributed by atoms with van der Waals surface area (Å²) in [6, 6.07) is 14.2. The Labute approximate surface area is 124 Å². The van der Waals surface area contributed by atoms with Gasteiger partial charge in [0.2, 0.25) is 5.88 Å². The molecule has 0 radical (unpaired) electrons. The molecule has 4 nitrogen and oxygen atoms in total. The highest BCUT2D eigenvalue weighted by Gasteiger charge is 2.07. The van der Waals surface area contributed by atoms with Crippen LogP contribution in [-0.4, -0.2) is 24.1 Å². The van der Waals surface area contributed by atoms with Crippen molar-refractivity contribution in [3.63, 3.8) is 0 Å². The van der Waals surface area contributed by atoms with E-state index in [9.17, 15) is 0 Å². The van der Waals surface area contributed by atoms with Crippen molar-refractivity contribution < 1.29 is 4.74 Å². The number of hydrogen-bond acceptors (Lipinski definition) is 4. The maximum atomic E-state index is 5.08. The van der Waals surface area contributed by atoms with Crippen molar-refractivity contribution in [2.75, 3.05) is 19.1 Å². The average molecular weight is 279 g/mol. The number of benzene rings is 1. The Kier molecular flexibility index (Phi) is 3.44. The van der Waals surface area contributed by atoms with E-state index in [1.807, 2.05) is 36.2 Å². The van der Waals surface area contributed by atoms with Crippen LogP contribution >= 0.6 is 0 Å². The first kappa shape index (κ1) is 13.4. The van der Waals surface area contributed by atoms with Gasteiger partial charge in [0, 0.05) is 18.5 Å². The zero-order valence-electron chi connectivity index (χ0n) is 12.4. The lowest BCUT2D eigenvalue weighted by Crippen LogP contribution is -2.11. The SMILES string of the molecule is COc1ccc(N(C)c2ccc3cc(C)ccc3n2)cn1. The normalized spacial score (nSPS) is 10.6. The predicted octanol–water partition coefficient (Wildman–Crippen LogP) is 3.71. The van der Waals surface area contributed by atoms with E-state index in [-0.39, 0.29) is 0 Å². The molecule has 1 aromatic carbocycles. The van der Waals surface area contributed by atoms with Crippen LogP contribution in [0.4, 0.5) is 11.5 Å². The molecule has 0 bridgehead atoms. The first-order valence-corrected chi connectivity index (χ1v) is 6.78. The Morgan fingerprint density at radius 1 is 1.05 bits per heavy atom. The number of nitrogens with zero attached hydrogens (tertiary/aromatic N) is 3. The van der Waals surface area contributed by atoms with Crippen molar-refractivity contribution in [1.29, 1.82) is 0 Å². The van der Waals surface area contributed by atoms with E-state index in [4.69, 9.17) is 9.72 Å². The third-order valence-corrected chi connectivity index (χ3v) is 3.49. The van der Waals surface area contributed by atoms with Gasteiger partial charge in [-0.05, 0) is 37.3 Å². The molecule has 0 unspecified atom stereocenters. The van der Waals surface area contributed by atoms with Crippen LogP contribution in [0, 0.1) is 6.92 Å². The highest BCUT2D eigenvalue weighted by Crippen LogP contribution is 2.24. The fraction of sp³-hybridized carbons (Fsp3) is 0.176. The molecule has 0 atom stereocenters. The van der Waals surface area contributed by atoms with E-state index < -0.39 is 0 Å². The number of rotatable bonds is 3. The van der Waals surface area contributed by atoms with E-state index in [1.165, 1.54) is 5.56 Å². The lowest BCUT2D eigenvalue weighted by atomic mass is 10.1. The van der Waals surface area contributed by atoms with Gasteiger partial charge in [-0.2, -0.15) is 0 Å². The zero-order valence-corrected chi connectivity index (χ0v) is 12.4. The minimum absolute atomic E-state index is 0.606. The Hall–Kier alpha value is -2.62. The standard InChI is InChI=1S/C17H17N3O/c1-12-4-7-15-13(10-12)5-8-16(19-15)20(2)14-6-9-17(21-3)18-11-14/h4-11H,1-3H3. The second kappa shape index (κ2) is 5.40. The van der Waals surface area contributed by atoms with Gasteiger partial charge in [0.05, 0.1) is 24.5 Å². The fourth-order valence-corrected chi connectivity index (χ4v) is 2.24. The third kappa shape index (κ3) is 2.65. The number of pyridine rings is 2. The fourth-order valence-electron chi connectivity index (χ4n) is 2.24. The van der Waals surface area contributed by atoms with Crippen LogP contribution in [0.15, 0.2) is 48.7 Å². The highest BCUT2D eigenvalue weighted by molar-refractivity contribution is 5.81. The lowest BCUT2D eigenvalue weighted by molar-refractivity contribution is 0.398. The van der Waals surface area contributed by atoms with Gasteiger partial charge in [0.1, 0.15) is 5.82 Å². The quantitative estimate of drug-likeness (QED) is 0.732. The maximum absolute atomic E-state index is 5.08. The molecule has 0 N–H and O–H groups in total. The molecule has 106 valence electrons. The van der Waals surface area contributed by atoms with Crippen LogP contribution in [0.2, 0.25) is 0 Å². The van der Waals surface area contributed by atoms with E-state index in [2.05, 4.69) is 30.1 Å². The van der Waals surface area contributed by atoms with Crippen LogP contribution < -0.4 is 9.64 Å². The molecule has 2 aromatic heterocycles. The third-order valence-electron chi connectivity index (χ3n) is 3.49. The van der Waals surface area contributed by atoms with Gasteiger partial charge in [-0.1, -0.05) is 11.6 Å². The summed E-state index contributed by atoms with van der Waals surface area (Å²) >= 11 is 0. The molecule has 2 heterocycles. The number of aromatic nitrogens is 2. The van der Waals surface area contributed by atoms with Gasteiger partial charge in [0.25, 0.3) is 0 Å². The van der Waals surface area contributed by atoms with Crippen LogP contribution in [0.25, 0.3) is 10.9 Å². The minimum atomic E-state index is 0.606. The number of methoxy groups -OCH3 is 1. The summed E-state index contributed by atoms with van der Waals surface area (Å²) in [7, 11) is 3.59. The van der Waals surface area contributed by atoms with Gasteiger partial charge in [-0.15, -0.1) is 0 Å². The van der Waals surface area contributed by atoms with Crippen LogP contribution in [0.5, 0.6) is 5.88 Å². The van der Waals surface area contributed by atoms with Crippen molar-refractivity contribution in [2.45, 2.75) is 6.92 Å². The van der Waals surface area contributed by atoms with Gasteiger partial charge < -0.3 is 9.64 Å². The Balaban J connectivity index is 1.96. The molecule has 0 spiro atoms. The van der Waals surface area contributed by atoms with Crippen molar-refractivity contribution in [3.05, 3.63) is 54.2 Å². The second-order valence-electron chi connectivity index (χ2n) is 4.98. The summed E-state index contributed by atoms with van der Waals surface area (Å²) < 4.78 is 5.08. The number of aryl methyl sites for hydroxylation is 1. The van der Waals surface area contributed by atoms with Crippen molar-refractivity contribution in [3.8, 4) is 5.88 Å². The Bertz CT molecular complexity index is 769. The van der Waals surface area contributed by atoms with Crippen molar-refractivity contribution in [1.82, 2.24) is 9.97 Å². The molecule has 21 heavy (non-hydrogen) atoms. The molecule has 0 aliphatic rings. The van der Waals surface area contributed by atoms with Gasteiger partial charge >= 0.3 is 0 Å². The van der Waals surface area contributed by atoms with Crippen molar-refractivity contribution in [2.24, 2.45) is 0 Å². The van der Waals surface area contributed by atoms with Crippen LogP contribution in [0.3, 0.4) is 0 Å². The Morgan fingerprint density at radius 3 is 2.62 bits per heavy atom. The second-order valence-corrected chi connectivity index (χ2v) is 4.98. The zero-order chi connectivity index (χ0) is 14.8. The first-order chi connectivity index (χ1) is 10.2. The number of fused-ring (bicyclic) bond motifs is 1. The maximum Gasteiger partial charge on any atom is 0.213 e. The molecule has 3 rings (SSSR count). The van der Waals surface area contributed by atoms with E-state index >= 15 is 0 Å². The van der Waals surface area contributed by atoms with E-state index in [0.29, 0.717) is 5.88 Å². The molecular weight excluding hydrogens is 262 g/mol. The monoisotopic (exact) mass is 279 g/mol. The van der Waals surface area contributed by atoms with E-state index in [1.54, 1.807) is 13.3 Å². The van der Waals surface area contributed by atoms with Gasteiger partial charge in [-0.25, -0.2) is 9.97 Å². The molecule has 0 amide bonds. The number of ether oxygens (including phenoxy) is 1. The molecular formula is C17H17N3O. The number of anilines is 2. The highest BCUT2D eigenvalue weighted by atomic mass is 16.5. The molecule has 3 aromatic rings. The molecule has 4 heteroatoms. The largest absolute Gasteiger partial charge is 0.481 e. The van der Waals surface area contributed by atoms with E-state index in [0.717, 1.165) is 22.4 Å². The lowest BCUT2D eigenvalue weighted by Gasteiger charge is -2.18. The molecule has 0 fully saturated rings. The first-order valence-electron chi connectivity index (χ1n) is 6.78. The summed E-state index contributed by atoms with van der Waals surface area (Å²) in [6.07, 6.45) is 1.78. The van der Waals surface area contributed by atoms with Crippen LogP contribution in [0.1, 0.15) is 5.56 Å². The summed E-state index contributed by atoms with van der Waals surface area (Å²) in [5, 5.41) is 1.15. The molecule has 0 aliphatic carbocycles. The van der Waals surface area contributed by atoms with Crippen LogP contribution in [-0.2, 0) is 0 Å². The van der Waals surface area contributed by atoms with Gasteiger partial charge in [0.15, 0.2) is 0 Å². The summed E-state index contributed by atoms with van der Waals surface area (Å²) in [5.74, 6) is 1.49. The number of hydrogen-bond donors (Lipinski definition) is 0. The molecule has 0 saturated heterocycles. The molecule has 0 aliphatic heterocycles. The smallest absolute Gasteiger partial charge is 0.213 e. The average Bonchev–Trinajstić information content (AvgIpc) is 2.53. The van der Waals surface area contributed by atoms with Gasteiger partial charge in [-0.3, -0.25) is 0 Å². The van der Waals surface area contributed by atoms with Crippen molar-refractivity contribution >= 4 is 22.4 Å². The predicted molar refractivity (Wildman–Crippen MR) is 85.3 cm³/mol. The summed E-state index contributed by atoms with van der Waals surface area (Å²) in [4.78, 5) is 10.9. The minimum Gasteiger partial charge on any atom is -0.481 e.